The highest BCUT2D eigenvalue weighted by Crippen LogP contribution is 2.40. The number of benzene rings is 3. The SMILES string of the molecule is CC(=O)c1ccc(C(=O)CCOC(C)Oc2cccc3c(C(CC(C)(C)C)C(C)C)cccc23)cc1. The molecule has 3 aromatic rings. The number of fused-ring (bicyclic) bond motifs is 1. The quantitative estimate of drug-likeness (QED) is 0.201. The van der Waals surface area contributed by atoms with E-state index in [-0.39, 0.29) is 30.0 Å². The van der Waals surface area contributed by atoms with Crippen LogP contribution in [-0.4, -0.2) is 24.5 Å². The van der Waals surface area contributed by atoms with Crippen LogP contribution < -0.4 is 4.74 Å². The van der Waals surface area contributed by atoms with Crippen molar-refractivity contribution in [1.29, 1.82) is 0 Å². The predicted molar refractivity (Wildman–Crippen MR) is 147 cm³/mol. The minimum atomic E-state index is -0.498. The van der Waals surface area contributed by atoms with Gasteiger partial charge >= 0.3 is 0 Å². The van der Waals surface area contributed by atoms with Crippen molar-refractivity contribution in [2.75, 3.05) is 6.61 Å². The Hall–Kier alpha value is -2.98. The zero-order chi connectivity index (χ0) is 26.5. The second-order valence-corrected chi connectivity index (χ2v) is 11.2. The van der Waals surface area contributed by atoms with Gasteiger partial charge in [-0.2, -0.15) is 0 Å². The normalized spacial score (nSPS) is 13.6. The van der Waals surface area contributed by atoms with Crippen molar-refractivity contribution in [2.24, 2.45) is 11.3 Å². The smallest absolute Gasteiger partial charge is 0.197 e. The Morgan fingerprint density at radius 1 is 0.833 bits per heavy atom. The van der Waals surface area contributed by atoms with Crippen LogP contribution in [0.25, 0.3) is 10.8 Å². The Morgan fingerprint density at radius 3 is 2.06 bits per heavy atom. The van der Waals surface area contributed by atoms with Crippen LogP contribution in [0.15, 0.2) is 60.7 Å². The molecule has 36 heavy (non-hydrogen) atoms. The topological polar surface area (TPSA) is 52.6 Å². The lowest BCUT2D eigenvalue weighted by atomic mass is 9.75. The number of carbonyl (C=O) groups excluding carboxylic acids is 2. The molecule has 0 N–H and O–H groups in total. The number of ether oxygens (including phenoxy) is 2. The average molecular weight is 489 g/mol. The molecular weight excluding hydrogens is 448 g/mol. The molecule has 2 unspecified atom stereocenters. The van der Waals surface area contributed by atoms with Crippen LogP contribution in [0.3, 0.4) is 0 Å². The fourth-order valence-corrected chi connectivity index (χ4v) is 4.66. The van der Waals surface area contributed by atoms with Crippen LogP contribution in [0.2, 0.25) is 0 Å². The maximum absolute atomic E-state index is 12.5. The largest absolute Gasteiger partial charge is 0.465 e. The molecule has 0 aliphatic heterocycles. The van der Waals surface area contributed by atoms with Gasteiger partial charge in [0.05, 0.1) is 6.61 Å². The number of ketones is 2. The van der Waals surface area contributed by atoms with Gasteiger partial charge in [-0.15, -0.1) is 0 Å². The molecule has 2 atom stereocenters. The van der Waals surface area contributed by atoms with Gasteiger partial charge in [0, 0.05) is 22.9 Å². The third-order valence-electron chi connectivity index (χ3n) is 6.54. The lowest BCUT2D eigenvalue weighted by molar-refractivity contribution is -0.0645. The van der Waals surface area contributed by atoms with Gasteiger partial charge in [-0.1, -0.05) is 89.2 Å². The standard InChI is InChI=1S/C32H40O4/c1-21(2)29(20-32(5,6)7)27-10-8-12-28-26(27)11-9-13-31(28)36-23(4)35-19-18-30(34)25-16-14-24(15-17-25)22(3)33/h8-17,21,23,29H,18-20H2,1-7H3. The van der Waals surface area contributed by atoms with E-state index in [2.05, 4.69) is 58.9 Å². The van der Waals surface area contributed by atoms with E-state index in [0.29, 0.717) is 23.0 Å². The molecule has 0 saturated carbocycles. The Balaban J connectivity index is 1.67. The van der Waals surface area contributed by atoms with Gasteiger partial charge in [0.1, 0.15) is 5.75 Å². The van der Waals surface area contributed by atoms with Gasteiger partial charge in [-0.25, -0.2) is 0 Å². The Morgan fingerprint density at radius 2 is 1.44 bits per heavy atom. The summed E-state index contributed by atoms with van der Waals surface area (Å²) < 4.78 is 12.0. The van der Waals surface area contributed by atoms with Crippen molar-refractivity contribution >= 4 is 22.3 Å². The monoisotopic (exact) mass is 488 g/mol. The van der Waals surface area contributed by atoms with Crippen molar-refractivity contribution < 1.29 is 19.1 Å². The molecule has 0 aromatic heterocycles. The summed E-state index contributed by atoms with van der Waals surface area (Å²) in [7, 11) is 0. The molecule has 0 radical (unpaired) electrons. The molecule has 0 saturated heterocycles. The summed E-state index contributed by atoms with van der Waals surface area (Å²) in [6.07, 6.45) is 0.859. The molecule has 4 nitrogen and oxygen atoms in total. The van der Waals surface area contributed by atoms with Crippen molar-refractivity contribution in [2.45, 2.75) is 73.5 Å². The van der Waals surface area contributed by atoms with Crippen molar-refractivity contribution in [3.8, 4) is 5.75 Å². The molecule has 3 rings (SSSR count). The average Bonchev–Trinajstić information content (AvgIpc) is 2.82. The van der Waals surface area contributed by atoms with Crippen molar-refractivity contribution in [3.63, 3.8) is 0 Å². The molecule has 192 valence electrons. The molecule has 0 amide bonds. The molecule has 0 aliphatic carbocycles. The van der Waals surface area contributed by atoms with Gasteiger partial charge < -0.3 is 9.47 Å². The summed E-state index contributed by atoms with van der Waals surface area (Å²) in [4.78, 5) is 23.9. The van der Waals surface area contributed by atoms with Crippen LogP contribution >= 0.6 is 0 Å². The molecule has 3 aromatic carbocycles. The van der Waals surface area contributed by atoms with E-state index in [1.165, 1.54) is 17.9 Å². The van der Waals surface area contributed by atoms with Gasteiger partial charge in [0.15, 0.2) is 17.9 Å². The number of carbonyl (C=O) groups is 2. The fourth-order valence-electron chi connectivity index (χ4n) is 4.66. The zero-order valence-corrected chi connectivity index (χ0v) is 22.8. The summed E-state index contributed by atoms with van der Waals surface area (Å²) in [6, 6.07) is 19.4. The third-order valence-corrected chi connectivity index (χ3v) is 6.54. The van der Waals surface area contributed by atoms with E-state index in [0.717, 1.165) is 17.6 Å². The fraction of sp³-hybridized carbons (Fsp3) is 0.438. The third kappa shape index (κ3) is 7.27. The maximum atomic E-state index is 12.5. The second kappa shape index (κ2) is 11.8. The minimum Gasteiger partial charge on any atom is -0.465 e. The molecule has 4 heteroatoms. The zero-order valence-electron chi connectivity index (χ0n) is 22.8. The number of hydrogen-bond donors (Lipinski definition) is 0. The molecule has 0 fully saturated rings. The molecular formula is C32H40O4. The van der Waals surface area contributed by atoms with Crippen LogP contribution in [-0.2, 0) is 4.74 Å². The first kappa shape index (κ1) is 27.6. The second-order valence-electron chi connectivity index (χ2n) is 11.2. The minimum absolute atomic E-state index is 0.0159. The van der Waals surface area contributed by atoms with E-state index in [1.54, 1.807) is 24.3 Å². The molecule has 0 heterocycles. The highest BCUT2D eigenvalue weighted by atomic mass is 16.7. The van der Waals surface area contributed by atoms with Crippen molar-refractivity contribution in [1.82, 2.24) is 0 Å². The summed E-state index contributed by atoms with van der Waals surface area (Å²) >= 11 is 0. The number of Topliss-reactive ketones (excluding diaryl/α,β-unsaturated/α-hetero) is 2. The lowest BCUT2D eigenvalue weighted by Gasteiger charge is -2.30. The lowest BCUT2D eigenvalue weighted by Crippen LogP contribution is -2.19. The predicted octanol–water partition coefficient (Wildman–Crippen LogP) is 8.23. The first-order valence-electron chi connectivity index (χ1n) is 12.9. The summed E-state index contributed by atoms with van der Waals surface area (Å²) in [5, 5.41) is 2.29. The van der Waals surface area contributed by atoms with E-state index < -0.39 is 6.29 Å². The van der Waals surface area contributed by atoms with Crippen LogP contribution in [0, 0.1) is 11.3 Å². The molecule has 0 aliphatic rings. The highest BCUT2D eigenvalue weighted by molar-refractivity contribution is 5.98. The first-order chi connectivity index (χ1) is 17.0. The van der Waals surface area contributed by atoms with E-state index in [1.807, 2.05) is 19.1 Å². The molecule has 0 spiro atoms. The van der Waals surface area contributed by atoms with Gasteiger partial charge in [-0.05, 0) is 54.5 Å². The maximum Gasteiger partial charge on any atom is 0.197 e. The summed E-state index contributed by atoms with van der Waals surface area (Å²) in [6.45, 7) is 15.1. The van der Waals surface area contributed by atoms with Crippen LogP contribution in [0.4, 0.5) is 0 Å². The van der Waals surface area contributed by atoms with Gasteiger partial charge in [-0.3, -0.25) is 9.59 Å². The Kier molecular flexibility index (Phi) is 9.08. The van der Waals surface area contributed by atoms with E-state index in [9.17, 15) is 9.59 Å². The Bertz CT molecular complexity index is 1180. The van der Waals surface area contributed by atoms with Crippen LogP contribution in [0.1, 0.15) is 93.5 Å². The van der Waals surface area contributed by atoms with Crippen LogP contribution in [0.5, 0.6) is 5.75 Å². The summed E-state index contributed by atoms with van der Waals surface area (Å²) in [5.74, 6) is 1.72. The number of hydrogen-bond acceptors (Lipinski definition) is 4. The van der Waals surface area contributed by atoms with Crippen molar-refractivity contribution in [3.05, 3.63) is 77.4 Å². The van der Waals surface area contributed by atoms with Gasteiger partial charge in [0.2, 0.25) is 0 Å². The van der Waals surface area contributed by atoms with Gasteiger partial charge in [0.25, 0.3) is 0 Å². The van der Waals surface area contributed by atoms with E-state index in [4.69, 9.17) is 9.47 Å². The summed E-state index contributed by atoms with van der Waals surface area (Å²) in [5.41, 5.74) is 2.77. The first-order valence-corrected chi connectivity index (χ1v) is 12.9. The molecule has 0 bridgehead atoms. The van der Waals surface area contributed by atoms with E-state index >= 15 is 0 Å². The number of rotatable bonds is 11. The highest BCUT2D eigenvalue weighted by Gasteiger charge is 2.25. The Labute approximate surface area is 216 Å².